The topological polar surface area (TPSA) is 95.6 Å². The minimum atomic E-state index is -3.74. The number of sulfonamides is 1. The molecule has 34 heavy (non-hydrogen) atoms. The van der Waals surface area contributed by atoms with Gasteiger partial charge in [0.1, 0.15) is 0 Å². The smallest absolute Gasteiger partial charge is 0.251 e. The third-order valence-electron chi connectivity index (χ3n) is 5.99. The molecule has 1 fully saturated rings. The van der Waals surface area contributed by atoms with Crippen molar-refractivity contribution in [2.24, 2.45) is 0 Å². The molecule has 4 rings (SSSR count). The van der Waals surface area contributed by atoms with E-state index in [1.165, 1.54) is 34.6 Å². The third-order valence-corrected chi connectivity index (χ3v) is 7.87. The van der Waals surface area contributed by atoms with Crippen molar-refractivity contribution >= 4 is 32.6 Å². The Labute approximate surface area is 199 Å². The van der Waals surface area contributed by atoms with Gasteiger partial charge in [-0.3, -0.25) is 9.59 Å². The molecule has 0 unspecified atom stereocenters. The molecule has 8 heteroatoms. The van der Waals surface area contributed by atoms with Crippen molar-refractivity contribution in [3.05, 3.63) is 90.5 Å². The maximum absolute atomic E-state index is 13.1. The standard InChI is InChI=1S/C26H27N3O4S/c1-2-25(30)28-22-10-6-16-29(18-22)34(32,33)23-14-12-20(13-15-23)26(31)27-17-21-9-5-8-19-7-3-4-11-24(19)21/h2-5,7-9,11-15,22H,1,6,10,16-18H2,(H,27,31)(H,28,30)/t22-/m0/s1. The predicted octanol–water partition coefficient (Wildman–Crippen LogP) is 3.23. The van der Waals surface area contributed by atoms with Crippen molar-refractivity contribution in [3.8, 4) is 0 Å². The molecule has 176 valence electrons. The maximum Gasteiger partial charge on any atom is 0.251 e. The minimum Gasteiger partial charge on any atom is -0.349 e. The van der Waals surface area contributed by atoms with Crippen molar-refractivity contribution in [2.45, 2.75) is 30.3 Å². The van der Waals surface area contributed by atoms with Gasteiger partial charge in [-0.2, -0.15) is 4.31 Å². The Balaban J connectivity index is 1.42. The number of hydrogen-bond acceptors (Lipinski definition) is 4. The number of hydrogen-bond donors (Lipinski definition) is 2. The molecule has 0 saturated carbocycles. The fraction of sp³-hybridized carbons (Fsp3) is 0.231. The number of amides is 2. The van der Waals surface area contributed by atoms with Crippen LogP contribution in [-0.4, -0.2) is 43.7 Å². The summed E-state index contributed by atoms with van der Waals surface area (Å²) in [7, 11) is -3.74. The highest BCUT2D eigenvalue weighted by Crippen LogP contribution is 2.22. The van der Waals surface area contributed by atoms with E-state index in [9.17, 15) is 18.0 Å². The van der Waals surface area contributed by atoms with Crippen LogP contribution in [0.3, 0.4) is 0 Å². The lowest BCUT2D eigenvalue weighted by Crippen LogP contribution is -2.49. The van der Waals surface area contributed by atoms with Crippen LogP contribution in [0.5, 0.6) is 0 Å². The summed E-state index contributed by atoms with van der Waals surface area (Å²) in [5.41, 5.74) is 1.39. The number of nitrogens with one attached hydrogen (secondary N) is 2. The molecule has 0 radical (unpaired) electrons. The Morgan fingerprint density at radius 3 is 2.53 bits per heavy atom. The average Bonchev–Trinajstić information content (AvgIpc) is 2.87. The Morgan fingerprint density at radius 1 is 1.03 bits per heavy atom. The van der Waals surface area contributed by atoms with Crippen molar-refractivity contribution in [3.63, 3.8) is 0 Å². The highest BCUT2D eigenvalue weighted by Gasteiger charge is 2.30. The minimum absolute atomic E-state index is 0.119. The van der Waals surface area contributed by atoms with Gasteiger partial charge in [0.2, 0.25) is 15.9 Å². The monoisotopic (exact) mass is 477 g/mol. The first-order valence-corrected chi connectivity index (χ1v) is 12.6. The predicted molar refractivity (Wildman–Crippen MR) is 132 cm³/mol. The molecule has 1 saturated heterocycles. The van der Waals surface area contributed by atoms with Crippen molar-refractivity contribution in [2.75, 3.05) is 13.1 Å². The molecule has 2 N–H and O–H groups in total. The number of benzene rings is 3. The van der Waals surface area contributed by atoms with Crippen LogP contribution in [0.25, 0.3) is 10.8 Å². The quantitative estimate of drug-likeness (QED) is 0.511. The summed E-state index contributed by atoms with van der Waals surface area (Å²) in [6.07, 6.45) is 2.54. The first kappa shape index (κ1) is 23.7. The zero-order chi connectivity index (χ0) is 24.1. The van der Waals surface area contributed by atoms with Crippen molar-refractivity contribution in [1.82, 2.24) is 14.9 Å². The van der Waals surface area contributed by atoms with Crippen LogP contribution < -0.4 is 10.6 Å². The molecule has 0 aromatic heterocycles. The van der Waals surface area contributed by atoms with Crippen molar-refractivity contribution in [1.29, 1.82) is 0 Å². The van der Waals surface area contributed by atoms with E-state index in [4.69, 9.17) is 0 Å². The van der Waals surface area contributed by atoms with Crippen LogP contribution in [0.2, 0.25) is 0 Å². The van der Waals surface area contributed by atoms with Gasteiger partial charge in [-0.05, 0) is 59.5 Å². The van der Waals surface area contributed by atoms with Gasteiger partial charge in [-0.1, -0.05) is 49.0 Å². The van der Waals surface area contributed by atoms with Gasteiger partial charge >= 0.3 is 0 Å². The second kappa shape index (κ2) is 10.2. The summed E-state index contributed by atoms with van der Waals surface area (Å²) in [6.45, 7) is 4.39. The van der Waals surface area contributed by atoms with Crippen LogP contribution in [0.4, 0.5) is 0 Å². The molecule has 1 aliphatic heterocycles. The number of carbonyl (C=O) groups is 2. The first-order chi connectivity index (χ1) is 16.4. The van der Waals surface area contributed by atoms with E-state index in [2.05, 4.69) is 17.2 Å². The Morgan fingerprint density at radius 2 is 1.76 bits per heavy atom. The van der Waals surface area contributed by atoms with E-state index < -0.39 is 10.0 Å². The number of rotatable bonds is 7. The molecule has 3 aromatic carbocycles. The highest BCUT2D eigenvalue weighted by atomic mass is 32.2. The van der Waals surface area contributed by atoms with E-state index in [1.807, 2.05) is 42.5 Å². The lowest BCUT2D eigenvalue weighted by Gasteiger charge is -2.32. The number of fused-ring (bicyclic) bond motifs is 1. The van der Waals surface area contributed by atoms with E-state index in [-0.39, 0.29) is 29.3 Å². The van der Waals surface area contributed by atoms with E-state index in [0.29, 0.717) is 31.5 Å². The van der Waals surface area contributed by atoms with Crippen LogP contribution in [0, 0.1) is 0 Å². The molecule has 0 bridgehead atoms. The number of nitrogens with zero attached hydrogens (tertiary/aromatic N) is 1. The summed E-state index contributed by atoms with van der Waals surface area (Å²) in [6, 6.07) is 19.6. The highest BCUT2D eigenvalue weighted by molar-refractivity contribution is 7.89. The lowest BCUT2D eigenvalue weighted by atomic mass is 10.0. The fourth-order valence-electron chi connectivity index (χ4n) is 4.19. The second-order valence-corrected chi connectivity index (χ2v) is 10.2. The molecule has 1 atom stereocenters. The fourth-order valence-corrected chi connectivity index (χ4v) is 5.71. The summed E-state index contributed by atoms with van der Waals surface area (Å²) in [5, 5.41) is 7.86. The van der Waals surface area contributed by atoms with Gasteiger partial charge in [0, 0.05) is 31.2 Å². The lowest BCUT2D eigenvalue weighted by molar-refractivity contribution is -0.117. The van der Waals surface area contributed by atoms with Gasteiger partial charge in [0.25, 0.3) is 5.91 Å². The molecular formula is C26H27N3O4S. The third kappa shape index (κ3) is 5.18. The van der Waals surface area contributed by atoms with Crippen molar-refractivity contribution < 1.29 is 18.0 Å². The Hall–Kier alpha value is -3.49. The summed E-state index contributed by atoms with van der Waals surface area (Å²) in [4.78, 5) is 24.4. The number of piperidine rings is 1. The maximum atomic E-state index is 13.1. The second-order valence-electron chi connectivity index (χ2n) is 8.26. The van der Waals surface area contributed by atoms with Gasteiger partial charge in [-0.15, -0.1) is 0 Å². The number of carbonyl (C=O) groups excluding carboxylic acids is 2. The summed E-state index contributed by atoms with van der Waals surface area (Å²) < 4.78 is 27.6. The summed E-state index contributed by atoms with van der Waals surface area (Å²) >= 11 is 0. The zero-order valence-corrected chi connectivity index (χ0v) is 19.6. The summed E-state index contributed by atoms with van der Waals surface area (Å²) in [5.74, 6) is -0.592. The SMILES string of the molecule is C=CC(=O)N[C@H]1CCCN(S(=O)(=O)c2ccc(C(=O)NCc3cccc4ccccc34)cc2)C1. The van der Waals surface area contributed by atoms with Gasteiger partial charge in [-0.25, -0.2) is 8.42 Å². The van der Waals surface area contributed by atoms with E-state index >= 15 is 0 Å². The average molecular weight is 478 g/mol. The van der Waals surface area contributed by atoms with Gasteiger partial charge < -0.3 is 10.6 Å². The molecule has 1 aliphatic rings. The van der Waals surface area contributed by atoms with Gasteiger partial charge in [0.05, 0.1) is 4.90 Å². The van der Waals surface area contributed by atoms with Crippen LogP contribution in [-0.2, 0) is 21.4 Å². The van der Waals surface area contributed by atoms with Gasteiger partial charge in [0.15, 0.2) is 0 Å². The largest absolute Gasteiger partial charge is 0.349 e. The molecule has 7 nitrogen and oxygen atoms in total. The first-order valence-electron chi connectivity index (χ1n) is 11.2. The molecule has 2 amide bonds. The van der Waals surface area contributed by atoms with Crippen LogP contribution >= 0.6 is 0 Å². The molecular weight excluding hydrogens is 450 g/mol. The normalized spacial score (nSPS) is 16.6. The molecule has 0 aliphatic carbocycles. The van der Waals surface area contributed by atoms with E-state index in [0.717, 1.165) is 16.3 Å². The Kier molecular flexibility index (Phi) is 7.09. The Bertz CT molecular complexity index is 1310. The molecule has 0 spiro atoms. The molecule has 3 aromatic rings. The zero-order valence-electron chi connectivity index (χ0n) is 18.7. The molecule has 1 heterocycles. The van der Waals surface area contributed by atoms with Crippen LogP contribution in [0.1, 0.15) is 28.8 Å². The van der Waals surface area contributed by atoms with E-state index in [1.54, 1.807) is 0 Å². The van der Waals surface area contributed by atoms with Crippen LogP contribution in [0.15, 0.2) is 84.3 Å².